The van der Waals surface area contributed by atoms with E-state index in [0.717, 1.165) is 0 Å². The molecule has 32 heavy (non-hydrogen) atoms. The van der Waals surface area contributed by atoms with Crippen LogP contribution in [-0.4, -0.2) is 142 Å². The Morgan fingerprint density at radius 3 is 1.56 bits per heavy atom. The molecule has 14 heteroatoms. The molecule has 0 saturated carbocycles. The summed E-state index contributed by atoms with van der Waals surface area (Å²) in [5.74, 6) is -3.11. The summed E-state index contributed by atoms with van der Waals surface area (Å²) in [6.07, 6.45) is 0.159. The van der Waals surface area contributed by atoms with E-state index >= 15 is 0 Å². The van der Waals surface area contributed by atoms with E-state index in [-0.39, 0.29) is 62.7 Å². The molecule has 2 aliphatic heterocycles. The molecule has 2 aliphatic rings. The Balaban J connectivity index is 0.00000480. The summed E-state index contributed by atoms with van der Waals surface area (Å²) in [7, 11) is 0. The maximum atomic E-state index is 11.7. The van der Waals surface area contributed by atoms with Crippen LogP contribution in [0.1, 0.15) is 12.8 Å². The predicted octanol–water partition coefficient (Wildman–Crippen LogP) is -3.27. The predicted molar refractivity (Wildman–Crippen MR) is 106 cm³/mol. The van der Waals surface area contributed by atoms with Crippen molar-refractivity contribution in [1.29, 1.82) is 0 Å². The smallest absolute Gasteiger partial charge is 0.317 e. The van der Waals surface area contributed by atoms with Gasteiger partial charge in [-0.25, -0.2) is 0 Å². The van der Waals surface area contributed by atoms with Crippen LogP contribution in [0.15, 0.2) is 0 Å². The number of aliphatic hydroxyl groups excluding tert-OH is 1. The van der Waals surface area contributed by atoms with Gasteiger partial charge in [-0.05, 0) is 0 Å². The minimum Gasteiger partial charge on any atom is -0.480 e. The van der Waals surface area contributed by atoms with Crippen molar-refractivity contribution in [1.82, 2.24) is 19.6 Å². The van der Waals surface area contributed by atoms with Gasteiger partial charge in [-0.15, -0.1) is 0 Å². The molecule has 0 amide bonds. The Morgan fingerprint density at radius 2 is 1.16 bits per heavy atom. The van der Waals surface area contributed by atoms with Gasteiger partial charge in [0.15, 0.2) is 0 Å². The molecule has 2 saturated heterocycles. The molecule has 0 unspecified atom stereocenters. The Morgan fingerprint density at radius 1 is 0.781 bits per heavy atom. The molecule has 2 heterocycles. The summed E-state index contributed by atoms with van der Waals surface area (Å²) in [4.78, 5) is 53.0. The average Bonchev–Trinajstić information content (AvgIpc) is 2.64. The molecule has 183 valence electrons. The fraction of sp³-hybridized carbons (Fsp3) is 0.778. The van der Waals surface area contributed by atoms with E-state index in [2.05, 4.69) is 4.74 Å². The minimum absolute atomic E-state index is 0. The van der Waals surface area contributed by atoms with Crippen LogP contribution in [0.5, 0.6) is 0 Å². The average molecular weight is 499 g/mol. The van der Waals surface area contributed by atoms with E-state index in [1.165, 1.54) is 0 Å². The Bertz CT molecular complexity index is 624. The van der Waals surface area contributed by atoms with Crippen LogP contribution in [0.2, 0.25) is 0 Å². The number of carbonyl (C=O) groups excluding carboxylic acids is 2. The third-order valence-corrected chi connectivity index (χ3v) is 5.34. The standard InChI is InChI=1S/C18H30N4O8.H2O.V/c23-13-21-4-3-19(11-15(24)25)1-2-20(12-16(26)27)5-7-22(8-6-21)14-9-17(28)30-18(29)10-14;;/h14,23H,1-13H2,(H,24,25)(H,26,27);1H2;. The van der Waals surface area contributed by atoms with Crippen LogP contribution in [-0.2, 0) is 42.5 Å². The quantitative estimate of drug-likeness (QED) is 0.245. The van der Waals surface area contributed by atoms with Crippen LogP contribution >= 0.6 is 0 Å². The molecule has 2 rings (SSSR count). The van der Waals surface area contributed by atoms with Crippen molar-refractivity contribution < 1.29 is 63.3 Å². The van der Waals surface area contributed by atoms with Gasteiger partial charge in [0.25, 0.3) is 0 Å². The zero-order valence-electron chi connectivity index (χ0n) is 17.9. The summed E-state index contributed by atoms with van der Waals surface area (Å²) >= 11 is 0. The molecule has 5 N–H and O–H groups in total. The summed E-state index contributed by atoms with van der Waals surface area (Å²) in [6, 6.07) is -0.336. The molecule has 0 bridgehead atoms. The van der Waals surface area contributed by atoms with Gasteiger partial charge < -0.3 is 25.5 Å². The van der Waals surface area contributed by atoms with Crippen molar-refractivity contribution in [3.8, 4) is 0 Å². The largest absolute Gasteiger partial charge is 0.480 e. The topological polar surface area (TPSA) is 183 Å². The minimum atomic E-state index is -0.985. The number of hydrogen-bond acceptors (Lipinski definition) is 10. The van der Waals surface area contributed by atoms with Crippen LogP contribution in [0, 0.1) is 0 Å². The van der Waals surface area contributed by atoms with Crippen molar-refractivity contribution >= 4 is 23.9 Å². The van der Waals surface area contributed by atoms with Gasteiger partial charge in [-0.3, -0.25) is 38.8 Å². The number of cyclic esters (lactones) is 2. The SMILES string of the molecule is O.O=C(O)CN1CCN(CO)CCN(C2CC(=O)OC(=O)C2)CCN(CC(=O)O)CC1.[V]. The zero-order chi connectivity index (χ0) is 22.1. The van der Waals surface area contributed by atoms with Gasteiger partial charge in [0.1, 0.15) is 0 Å². The van der Waals surface area contributed by atoms with Gasteiger partial charge >= 0.3 is 23.9 Å². The third kappa shape index (κ3) is 10.8. The van der Waals surface area contributed by atoms with Crippen molar-refractivity contribution in [3.05, 3.63) is 0 Å². The first-order valence-corrected chi connectivity index (χ1v) is 9.96. The van der Waals surface area contributed by atoms with Gasteiger partial charge in [-0.2, -0.15) is 0 Å². The molecule has 0 aromatic rings. The normalized spacial score (nSPS) is 21.4. The summed E-state index contributed by atoms with van der Waals surface area (Å²) in [5, 5.41) is 28.0. The van der Waals surface area contributed by atoms with E-state index in [1.54, 1.807) is 14.7 Å². The number of rotatable bonds is 6. The number of carboxylic acid groups (broad SMARTS) is 2. The van der Waals surface area contributed by atoms with Crippen molar-refractivity contribution in [2.24, 2.45) is 0 Å². The van der Waals surface area contributed by atoms with E-state index in [1.807, 2.05) is 4.90 Å². The van der Waals surface area contributed by atoms with Crippen LogP contribution < -0.4 is 0 Å². The Labute approximate surface area is 198 Å². The number of hydrogen-bond donors (Lipinski definition) is 3. The molecule has 1 radical (unpaired) electrons. The second kappa shape index (κ2) is 15.3. The summed E-state index contributed by atoms with van der Waals surface area (Å²) < 4.78 is 4.61. The molecular weight excluding hydrogens is 467 g/mol. The molecule has 2 fully saturated rings. The van der Waals surface area contributed by atoms with Crippen LogP contribution in [0.4, 0.5) is 0 Å². The van der Waals surface area contributed by atoms with Crippen LogP contribution in [0.3, 0.4) is 0 Å². The monoisotopic (exact) mass is 499 g/mol. The Kier molecular flexibility index (Phi) is 14.5. The van der Waals surface area contributed by atoms with Gasteiger partial charge in [0.2, 0.25) is 0 Å². The van der Waals surface area contributed by atoms with E-state index in [0.29, 0.717) is 52.4 Å². The van der Waals surface area contributed by atoms with Gasteiger partial charge in [-0.1, -0.05) is 0 Å². The number of aliphatic carboxylic acids is 2. The van der Waals surface area contributed by atoms with Gasteiger partial charge in [0, 0.05) is 77.0 Å². The second-order valence-electron chi connectivity index (χ2n) is 7.54. The molecule has 0 spiro atoms. The number of nitrogens with zero attached hydrogens (tertiary/aromatic N) is 4. The first kappa shape index (κ1) is 30.4. The van der Waals surface area contributed by atoms with Crippen molar-refractivity contribution in [3.63, 3.8) is 0 Å². The molecule has 0 atom stereocenters. The third-order valence-electron chi connectivity index (χ3n) is 5.34. The first-order valence-electron chi connectivity index (χ1n) is 9.96. The van der Waals surface area contributed by atoms with Crippen molar-refractivity contribution in [2.75, 3.05) is 72.2 Å². The molecular formula is C18H32N4O9V. The van der Waals surface area contributed by atoms with Crippen molar-refractivity contribution in [2.45, 2.75) is 18.9 Å². The molecule has 0 aromatic heterocycles. The number of ether oxygens (including phenoxy) is 1. The number of aliphatic hydroxyl groups is 1. The number of esters is 2. The fourth-order valence-corrected chi connectivity index (χ4v) is 3.68. The molecule has 0 aromatic carbocycles. The summed E-state index contributed by atoms with van der Waals surface area (Å²) in [5.41, 5.74) is 0. The summed E-state index contributed by atoms with van der Waals surface area (Å²) in [6.45, 7) is 2.73. The second-order valence-corrected chi connectivity index (χ2v) is 7.54. The number of carboxylic acids is 2. The fourth-order valence-electron chi connectivity index (χ4n) is 3.68. The van der Waals surface area contributed by atoms with E-state index in [4.69, 9.17) is 5.11 Å². The maximum absolute atomic E-state index is 11.7. The van der Waals surface area contributed by atoms with E-state index < -0.39 is 23.9 Å². The Hall–Kier alpha value is -1.58. The molecule has 0 aliphatic carbocycles. The molecule has 13 nitrogen and oxygen atoms in total. The maximum Gasteiger partial charge on any atom is 0.317 e. The first-order chi connectivity index (χ1) is 14.3. The number of carbonyl (C=O) groups is 4. The van der Waals surface area contributed by atoms with Gasteiger partial charge in [0.05, 0.1) is 32.7 Å². The van der Waals surface area contributed by atoms with E-state index in [9.17, 15) is 29.4 Å². The van der Waals surface area contributed by atoms with Crippen LogP contribution in [0.25, 0.3) is 0 Å². The zero-order valence-corrected chi connectivity index (χ0v) is 19.3.